The SMILES string of the molecule is CSCCOc1cc(Cl)ccc1N. The Morgan fingerprint density at radius 2 is 2.31 bits per heavy atom. The number of anilines is 1. The normalized spacial score (nSPS) is 10.0. The Kier molecular flexibility index (Phi) is 4.25. The topological polar surface area (TPSA) is 35.2 Å². The molecule has 0 aliphatic carbocycles. The molecule has 0 amide bonds. The van der Waals surface area contributed by atoms with Gasteiger partial charge < -0.3 is 10.5 Å². The van der Waals surface area contributed by atoms with Crippen molar-refractivity contribution in [3.63, 3.8) is 0 Å². The minimum atomic E-state index is 0.630. The lowest BCUT2D eigenvalue weighted by Crippen LogP contribution is -2.02. The number of halogens is 1. The number of nitrogen functional groups attached to an aromatic ring is 1. The van der Waals surface area contributed by atoms with Gasteiger partial charge in [-0.05, 0) is 18.4 Å². The molecular formula is C9H12ClNOS. The van der Waals surface area contributed by atoms with Crippen LogP contribution in [0, 0.1) is 0 Å². The van der Waals surface area contributed by atoms with Crippen molar-refractivity contribution < 1.29 is 4.74 Å². The van der Waals surface area contributed by atoms with Gasteiger partial charge in [-0.2, -0.15) is 11.8 Å². The number of rotatable bonds is 4. The maximum Gasteiger partial charge on any atom is 0.143 e. The number of benzene rings is 1. The predicted octanol–water partition coefficient (Wildman–Crippen LogP) is 2.66. The Balaban J connectivity index is 2.59. The molecule has 0 aliphatic rings. The zero-order valence-corrected chi connectivity index (χ0v) is 8.99. The van der Waals surface area contributed by atoms with Crippen LogP contribution in [-0.4, -0.2) is 18.6 Å². The van der Waals surface area contributed by atoms with Crippen molar-refractivity contribution in [2.24, 2.45) is 0 Å². The molecule has 0 heterocycles. The van der Waals surface area contributed by atoms with E-state index in [-0.39, 0.29) is 0 Å². The van der Waals surface area contributed by atoms with Crippen LogP contribution < -0.4 is 10.5 Å². The molecule has 0 aromatic heterocycles. The molecule has 0 aliphatic heterocycles. The predicted molar refractivity (Wildman–Crippen MR) is 59.7 cm³/mol. The summed E-state index contributed by atoms with van der Waals surface area (Å²) in [5.41, 5.74) is 6.31. The molecule has 0 atom stereocenters. The van der Waals surface area contributed by atoms with Gasteiger partial charge in [0.2, 0.25) is 0 Å². The van der Waals surface area contributed by atoms with Crippen LogP contribution in [0.1, 0.15) is 0 Å². The first kappa shape index (κ1) is 10.5. The van der Waals surface area contributed by atoms with Crippen LogP contribution in [0.5, 0.6) is 5.75 Å². The third-order valence-electron chi connectivity index (χ3n) is 1.52. The fraction of sp³-hybridized carbons (Fsp3) is 0.333. The van der Waals surface area contributed by atoms with E-state index in [9.17, 15) is 0 Å². The van der Waals surface area contributed by atoms with Gasteiger partial charge in [-0.1, -0.05) is 11.6 Å². The average Bonchev–Trinajstić information content (AvgIpc) is 2.11. The van der Waals surface area contributed by atoms with E-state index in [1.165, 1.54) is 0 Å². The van der Waals surface area contributed by atoms with Crippen LogP contribution >= 0.6 is 23.4 Å². The Morgan fingerprint density at radius 3 is 3.00 bits per heavy atom. The molecule has 0 fully saturated rings. The molecule has 1 aromatic carbocycles. The third kappa shape index (κ3) is 3.36. The molecule has 0 saturated carbocycles. The highest BCUT2D eigenvalue weighted by Gasteiger charge is 2.00. The summed E-state index contributed by atoms with van der Waals surface area (Å²) in [6.45, 7) is 0.658. The lowest BCUT2D eigenvalue weighted by molar-refractivity contribution is 0.346. The molecule has 0 bridgehead atoms. The first-order valence-corrected chi connectivity index (χ1v) is 5.68. The van der Waals surface area contributed by atoms with E-state index in [1.807, 2.05) is 6.26 Å². The zero-order valence-electron chi connectivity index (χ0n) is 7.42. The van der Waals surface area contributed by atoms with Gasteiger partial charge in [0, 0.05) is 16.8 Å². The van der Waals surface area contributed by atoms with Gasteiger partial charge >= 0.3 is 0 Å². The van der Waals surface area contributed by atoms with Crippen molar-refractivity contribution in [2.75, 3.05) is 24.3 Å². The van der Waals surface area contributed by atoms with Gasteiger partial charge in [-0.15, -0.1) is 0 Å². The van der Waals surface area contributed by atoms with Crippen molar-refractivity contribution in [1.29, 1.82) is 0 Å². The first-order chi connectivity index (χ1) is 6.24. The summed E-state index contributed by atoms with van der Waals surface area (Å²) in [6, 6.07) is 5.23. The smallest absolute Gasteiger partial charge is 0.143 e. The lowest BCUT2D eigenvalue weighted by atomic mass is 10.3. The van der Waals surface area contributed by atoms with Crippen molar-refractivity contribution in [1.82, 2.24) is 0 Å². The third-order valence-corrected chi connectivity index (χ3v) is 2.33. The fourth-order valence-electron chi connectivity index (χ4n) is 0.868. The maximum absolute atomic E-state index is 5.79. The van der Waals surface area contributed by atoms with Crippen LogP contribution in [0.15, 0.2) is 18.2 Å². The zero-order chi connectivity index (χ0) is 9.68. The monoisotopic (exact) mass is 217 g/mol. The summed E-state index contributed by atoms with van der Waals surface area (Å²) >= 11 is 7.52. The van der Waals surface area contributed by atoms with Gasteiger partial charge in [0.05, 0.1) is 12.3 Å². The van der Waals surface area contributed by atoms with E-state index in [1.54, 1.807) is 30.0 Å². The minimum absolute atomic E-state index is 0.630. The van der Waals surface area contributed by atoms with Crippen molar-refractivity contribution >= 4 is 29.1 Å². The first-order valence-electron chi connectivity index (χ1n) is 3.91. The molecule has 2 nitrogen and oxygen atoms in total. The van der Waals surface area contributed by atoms with Gasteiger partial charge in [-0.25, -0.2) is 0 Å². The second-order valence-electron chi connectivity index (χ2n) is 2.52. The van der Waals surface area contributed by atoms with Crippen LogP contribution in [0.4, 0.5) is 5.69 Å². The Labute approximate surface area is 87.4 Å². The molecule has 0 saturated heterocycles. The number of hydrogen-bond donors (Lipinski definition) is 1. The summed E-state index contributed by atoms with van der Waals surface area (Å²) in [4.78, 5) is 0. The fourth-order valence-corrected chi connectivity index (χ4v) is 1.28. The van der Waals surface area contributed by atoms with Gasteiger partial charge in [0.15, 0.2) is 0 Å². The number of ether oxygens (including phenoxy) is 1. The summed E-state index contributed by atoms with van der Waals surface area (Å²) < 4.78 is 5.43. The number of nitrogens with two attached hydrogens (primary N) is 1. The Hall–Kier alpha value is -0.540. The van der Waals surface area contributed by atoms with Crippen LogP contribution in [0.2, 0.25) is 5.02 Å². The van der Waals surface area contributed by atoms with Crippen molar-refractivity contribution in [2.45, 2.75) is 0 Å². The minimum Gasteiger partial charge on any atom is -0.491 e. The van der Waals surface area contributed by atoms with Gasteiger partial charge in [-0.3, -0.25) is 0 Å². The molecule has 1 rings (SSSR count). The quantitative estimate of drug-likeness (QED) is 0.622. The van der Waals surface area contributed by atoms with E-state index in [2.05, 4.69) is 0 Å². The summed E-state index contributed by atoms with van der Waals surface area (Å²) in [7, 11) is 0. The van der Waals surface area contributed by atoms with Crippen molar-refractivity contribution in [3.05, 3.63) is 23.2 Å². The summed E-state index contributed by atoms with van der Waals surface area (Å²) in [6.07, 6.45) is 2.03. The molecule has 13 heavy (non-hydrogen) atoms. The number of thioether (sulfide) groups is 1. The van der Waals surface area contributed by atoms with Crippen LogP contribution in [0.25, 0.3) is 0 Å². The molecular weight excluding hydrogens is 206 g/mol. The molecule has 72 valence electrons. The van der Waals surface area contributed by atoms with E-state index >= 15 is 0 Å². The van der Waals surface area contributed by atoms with E-state index in [4.69, 9.17) is 22.1 Å². The van der Waals surface area contributed by atoms with Crippen LogP contribution in [-0.2, 0) is 0 Å². The van der Waals surface area contributed by atoms with E-state index in [0.29, 0.717) is 23.1 Å². The molecule has 2 N–H and O–H groups in total. The highest BCUT2D eigenvalue weighted by atomic mass is 35.5. The highest BCUT2D eigenvalue weighted by Crippen LogP contribution is 2.25. The van der Waals surface area contributed by atoms with Crippen molar-refractivity contribution in [3.8, 4) is 5.75 Å². The average molecular weight is 218 g/mol. The lowest BCUT2D eigenvalue weighted by Gasteiger charge is -2.07. The molecule has 4 heteroatoms. The molecule has 0 spiro atoms. The Bertz CT molecular complexity index is 280. The Morgan fingerprint density at radius 1 is 1.54 bits per heavy atom. The number of hydrogen-bond acceptors (Lipinski definition) is 3. The summed E-state index contributed by atoms with van der Waals surface area (Å²) in [5.74, 6) is 1.62. The standard InChI is InChI=1S/C9H12ClNOS/c1-13-5-4-12-9-6-7(10)2-3-8(9)11/h2-3,6H,4-5,11H2,1H3. The van der Waals surface area contributed by atoms with E-state index < -0.39 is 0 Å². The van der Waals surface area contributed by atoms with Crippen LogP contribution in [0.3, 0.4) is 0 Å². The molecule has 0 unspecified atom stereocenters. The van der Waals surface area contributed by atoms with E-state index in [0.717, 1.165) is 5.75 Å². The van der Waals surface area contributed by atoms with Gasteiger partial charge in [0.1, 0.15) is 5.75 Å². The highest BCUT2D eigenvalue weighted by molar-refractivity contribution is 7.98. The van der Waals surface area contributed by atoms with Gasteiger partial charge in [0.25, 0.3) is 0 Å². The summed E-state index contributed by atoms with van der Waals surface area (Å²) in [5, 5.41) is 0.647. The second kappa shape index (κ2) is 5.25. The molecule has 1 aromatic rings. The molecule has 0 radical (unpaired) electrons. The second-order valence-corrected chi connectivity index (χ2v) is 3.95. The largest absolute Gasteiger partial charge is 0.491 e. The maximum atomic E-state index is 5.79.